The van der Waals surface area contributed by atoms with Gasteiger partial charge in [0.2, 0.25) is 0 Å². The van der Waals surface area contributed by atoms with Gasteiger partial charge in [-0.2, -0.15) is 13.5 Å². The van der Waals surface area contributed by atoms with Crippen molar-refractivity contribution in [2.24, 2.45) is 11.0 Å². The molecule has 0 saturated heterocycles. The minimum absolute atomic E-state index is 0.201. The Morgan fingerprint density at radius 2 is 1.89 bits per heavy atom. The number of sulfonamides is 1. The largest absolute Gasteiger partial charge is 0.276 e. The highest BCUT2D eigenvalue weighted by Crippen LogP contribution is 2.14. The van der Waals surface area contributed by atoms with Crippen LogP contribution in [0.25, 0.3) is 0 Å². The van der Waals surface area contributed by atoms with E-state index in [4.69, 9.17) is 0 Å². The van der Waals surface area contributed by atoms with Gasteiger partial charge in [0.05, 0.1) is 4.90 Å². The molecule has 1 aromatic rings. The van der Waals surface area contributed by atoms with Gasteiger partial charge in [-0.1, -0.05) is 29.8 Å². The van der Waals surface area contributed by atoms with E-state index in [2.05, 4.69) is 39.7 Å². The highest BCUT2D eigenvalue weighted by molar-refractivity contribution is 9.10. The lowest BCUT2D eigenvalue weighted by atomic mass is 10.1. The average Bonchev–Trinajstić information content (AvgIpc) is 2.26. The van der Waals surface area contributed by atoms with Gasteiger partial charge in [0.25, 0.3) is 10.0 Å². The van der Waals surface area contributed by atoms with Gasteiger partial charge in [-0.05, 0) is 43.5 Å². The summed E-state index contributed by atoms with van der Waals surface area (Å²) < 4.78 is 24.6. The molecule has 0 fully saturated rings. The fraction of sp³-hybridized carbons (Fsp3) is 0.417. The molecular weight excluding hydrogens is 316 g/mol. The molecule has 1 rings (SSSR count). The highest BCUT2D eigenvalue weighted by atomic mass is 79.9. The summed E-state index contributed by atoms with van der Waals surface area (Å²) in [5, 5.41) is 3.90. The SMILES string of the molecule is C/C(CC(C)C)=N\NS(=O)(=O)c1ccc(Br)cc1. The molecule has 0 amide bonds. The molecule has 0 aromatic heterocycles. The molecular formula is C12H17BrN2O2S. The molecule has 0 bridgehead atoms. The second-order valence-corrected chi connectivity index (χ2v) is 7.07. The molecule has 100 valence electrons. The molecule has 0 saturated carbocycles. The Kier molecular flexibility index (Phi) is 5.34. The molecule has 0 atom stereocenters. The van der Waals surface area contributed by atoms with E-state index in [1.165, 1.54) is 12.1 Å². The van der Waals surface area contributed by atoms with Crippen molar-refractivity contribution >= 4 is 31.7 Å². The summed E-state index contributed by atoms with van der Waals surface area (Å²) in [6.07, 6.45) is 0.767. The number of benzene rings is 1. The number of nitrogens with zero attached hydrogens (tertiary/aromatic N) is 1. The van der Waals surface area contributed by atoms with Crippen molar-refractivity contribution < 1.29 is 8.42 Å². The number of hydrogen-bond acceptors (Lipinski definition) is 3. The van der Waals surface area contributed by atoms with E-state index in [1.807, 2.05) is 6.92 Å². The lowest BCUT2D eigenvalue weighted by Crippen LogP contribution is -2.20. The van der Waals surface area contributed by atoms with E-state index in [0.717, 1.165) is 16.6 Å². The molecule has 0 radical (unpaired) electrons. The lowest BCUT2D eigenvalue weighted by molar-refractivity contribution is 0.583. The van der Waals surface area contributed by atoms with E-state index in [0.29, 0.717) is 5.92 Å². The molecule has 0 unspecified atom stereocenters. The maximum atomic E-state index is 11.9. The summed E-state index contributed by atoms with van der Waals surface area (Å²) in [6.45, 7) is 5.93. The van der Waals surface area contributed by atoms with Gasteiger partial charge < -0.3 is 0 Å². The third kappa shape index (κ3) is 4.78. The van der Waals surface area contributed by atoms with Gasteiger partial charge in [0, 0.05) is 10.2 Å². The Morgan fingerprint density at radius 1 is 1.33 bits per heavy atom. The van der Waals surface area contributed by atoms with Gasteiger partial charge >= 0.3 is 0 Å². The first-order valence-electron chi connectivity index (χ1n) is 5.62. The van der Waals surface area contributed by atoms with Crippen LogP contribution in [-0.4, -0.2) is 14.1 Å². The van der Waals surface area contributed by atoms with Crippen molar-refractivity contribution in [3.63, 3.8) is 0 Å². The average molecular weight is 333 g/mol. The Bertz CT molecular complexity index is 522. The predicted octanol–water partition coefficient (Wildman–Crippen LogP) is 3.15. The first-order chi connectivity index (χ1) is 8.31. The predicted molar refractivity (Wildman–Crippen MR) is 77.0 cm³/mol. The summed E-state index contributed by atoms with van der Waals surface area (Å²) in [4.78, 5) is 2.45. The van der Waals surface area contributed by atoms with Crippen LogP contribution in [-0.2, 0) is 10.0 Å². The van der Waals surface area contributed by atoms with Gasteiger partial charge in [-0.15, -0.1) is 0 Å². The van der Waals surface area contributed by atoms with E-state index >= 15 is 0 Å². The summed E-state index contributed by atoms with van der Waals surface area (Å²) in [7, 11) is -3.57. The monoisotopic (exact) mass is 332 g/mol. The molecule has 1 aromatic carbocycles. The van der Waals surface area contributed by atoms with Crippen LogP contribution < -0.4 is 4.83 Å². The number of nitrogens with one attached hydrogen (secondary N) is 1. The summed E-state index contributed by atoms with van der Waals surface area (Å²) in [5.74, 6) is 0.450. The Balaban J connectivity index is 2.80. The van der Waals surface area contributed by atoms with Crippen molar-refractivity contribution in [3.05, 3.63) is 28.7 Å². The standard InChI is InChI=1S/C12H17BrN2O2S/c1-9(2)8-10(3)14-15-18(16,17)12-6-4-11(13)5-7-12/h4-7,9,15H,8H2,1-3H3/b14-10+. The fourth-order valence-electron chi connectivity index (χ4n) is 1.44. The zero-order valence-corrected chi connectivity index (χ0v) is 13.0. The topological polar surface area (TPSA) is 58.5 Å². The van der Waals surface area contributed by atoms with Crippen LogP contribution in [0.5, 0.6) is 0 Å². The van der Waals surface area contributed by atoms with Crippen molar-refractivity contribution in [2.75, 3.05) is 0 Å². The summed E-state index contributed by atoms with van der Waals surface area (Å²) in [6, 6.07) is 6.41. The maximum absolute atomic E-state index is 11.9. The molecule has 18 heavy (non-hydrogen) atoms. The van der Waals surface area contributed by atoms with Crippen LogP contribution in [0, 0.1) is 5.92 Å². The quantitative estimate of drug-likeness (QED) is 0.665. The number of rotatable bonds is 5. The molecule has 0 aliphatic rings. The Morgan fingerprint density at radius 3 is 2.39 bits per heavy atom. The molecule has 0 aliphatic heterocycles. The Labute approximate surface area is 117 Å². The first kappa shape index (κ1) is 15.2. The molecule has 4 nitrogen and oxygen atoms in total. The molecule has 6 heteroatoms. The minimum atomic E-state index is -3.57. The zero-order valence-electron chi connectivity index (χ0n) is 10.6. The summed E-state index contributed by atoms with van der Waals surface area (Å²) >= 11 is 3.26. The highest BCUT2D eigenvalue weighted by Gasteiger charge is 2.12. The van der Waals surface area contributed by atoms with Gasteiger partial charge in [0.15, 0.2) is 0 Å². The van der Waals surface area contributed by atoms with E-state index < -0.39 is 10.0 Å². The van der Waals surface area contributed by atoms with Crippen molar-refractivity contribution in [1.82, 2.24) is 4.83 Å². The maximum Gasteiger partial charge on any atom is 0.276 e. The van der Waals surface area contributed by atoms with Gasteiger partial charge in [0.1, 0.15) is 0 Å². The molecule has 0 heterocycles. The van der Waals surface area contributed by atoms with Crippen LogP contribution in [0.15, 0.2) is 38.7 Å². The van der Waals surface area contributed by atoms with Crippen molar-refractivity contribution in [2.45, 2.75) is 32.1 Å². The van der Waals surface area contributed by atoms with Gasteiger partial charge in [-0.3, -0.25) is 0 Å². The molecule has 0 aliphatic carbocycles. The van der Waals surface area contributed by atoms with Crippen LogP contribution >= 0.6 is 15.9 Å². The normalized spacial score (nSPS) is 12.8. The van der Waals surface area contributed by atoms with Crippen LogP contribution in [0.4, 0.5) is 0 Å². The first-order valence-corrected chi connectivity index (χ1v) is 7.89. The number of hydrogen-bond donors (Lipinski definition) is 1. The third-order valence-corrected chi connectivity index (χ3v) is 3.94. The second-order valence-electron chi connectivity index (χ2n) is 4.49. The van der Waals surface area contributed by atoms with Crippen LogP contribution in [0.2, 0.25) is 0 Å². The molecule has 0 spiro atoms. The number of hydrazone groups is 1. The third-order valence-electron chi connectivity index (χ3n) is 2.18. The minimum Gasteiger partial charge on any atom is -0.200 e. The lowest BCUT2D eigenvalue weighted by Gasteiger charge is -2.06. The van der Waals surface area contributed by atoms with Crippen molar-refractivity contribution in [3.8, 4) is 0 Å². The van der Waals surface area contributed by atoms with Gasteiger partial charge in [-0.25, -0.2) is 4.83 Å². The smallest absolute Gasteiger partial charge is 0.200 e. The van der Waals surface area contributed by atoms with E-state index in [9.17, 15) is 8.42 Å². The fourth-order valence-corrected chi connectivity index (χ4v) is 2.58. The van der Waals surface area contributed by atoms with Crippen LogP contribution in [0.3, 0.4) is 0 Å². The zero-order chi connectivity index (χ0) is 13.8. The van der Waals surface area contributed by atoms with E-state index in [-0.39, 0.29) is 4.90 Å². The van der Waals surface area contributed by atoms with Crippen molar-refractivity contribution in [1.29, 1.82) is 0 Å². The molecule has 1 N–H and O–H groups in total. The Hall–Kier alpha value is -0.880. The second kappa shape index (κ2) is 6.33. The van der Waals surface area contributed by atoms with Crippen LogP contribution in [0.1, 0.15) is 27.2 Å². The summed E-state index contributed by atoms with van der Waals surface area (Å²) in [5.41, 5.74) is 0.769. The number of halogens is 1. The van der Waals surface area contributed by atoms with E-state index in [1.54, 1.807) is 12.1 Å².